The first-order valence-corrected chi connectivity index (χ1v) is 3.63. The maximum Gasteiger partial charge on any atom is 0.327 e. The van der Waals surface area contributed by atoms with Gasteiger partial charge in [-0.05, 0) is 6.92 Å². The highest BCUT2D eigenvalue weighted by atomic mass is 16.2. The van der Waals surface area contributed by atoms with Crippen LogP contribution < -0.4 is 11.2 Å². The Morgan fingerprint density at radius 1 is 1.31 bits per heavy atom. The molecule has 0 spiro atoms. The Balaban J connectivity index is 3.03. The number of nitrogens with zero attached hydrogens (tertiary/aromatic N) is 2. The highest BCUT2D eigenvalue weighted by Gasteiger charge is 2.01. The molecule has 0 aliphatic carbocycles. The molecule has 0 saturated heterocycles. The van der Waals surface area contributed by atoms with Crippen LogP contribution in [0, 0.1) is 6.92 Å². The summed E-state index contributed by atoms with van der Waals surface area (Å²) in [6.45, 7) is 1.68. The fourth-order valence-corrected chi connectivity index (χ4v) is 1.04. The molecule has 0 aromatic carbocycles. The van der Waals surface area contributed by atoms with Gasteiger partial charge < -0.3 is 0 Å². The minimum atomic E-state index is -0.560. The third-order valence-corrected chi connectivity index (χ3v) is 1.61. The average molecular weight is 178 g/mol. The van der Waals surface area contributed by atoms with Gasteiger partial charge in [0.1, 0.15) is 11.2 Å². The first-order chi connectivity index (χ1) is 6.16. The standard InChI is InChI=1S/C7H6N4O2/c1-3-8-2-4-5(9-3)10-7(13)11-6(4)12/h2H,1H3,(H2,8,9,10,11,12,13). The number of hydrogen-bond donors (Lipinski definition) is 2. The molecule has 2 aromatic rings. The summed E-state index contributed by atoms with van der Waals surface area (Å²) in [6, 6.07) is 0. The summed E-state index contributed by atoms with van der Waals surface area (Å²) < 4.78 is 0. The van der Waals surface area contributed by atoms with Crippen LogP contribution in [0.15, 0.2) is 15.8 Å². The van der Waals surface area contributed by atoms with E-state index in [1.165, 1.54) is 6.20 Å². The Labute approximate surface area is 71.7 Å². The Hall–Kier alpha value is -1.98. The van der Waals surface area contributed by atoms with E-state index in [1.807, 2.05) is 0 Å². The average Bonchev–Trinajstić information content (AvgIpc) is 2.02. The summed E-state index contributed by atoms with van der Waals surface area (Å²) in [4.78, 5) is 34.2. The van der Waals surface area contributed by atoms with Crippen LogP contribution in [0.1, 0.15) is 5.82 Å². The molecule has 6 heteroatoms. The third kappa shape index (κ3) is 1.22. The van der Waals surface area contributed by atoms with E-state index < -0.39 is 11.2 Å². The zero-order valence-electron chi connectivity index (χ0n) is 6.79. The lowest BCUT2D eigenvalue weighted by molar-refractivity contribution is 1.01. The molecule has 2 rings (SSSR count). The number of aromatic amines is 2. The molecule has 0 aliphatic rings. The van der Waals surface area contributed by atoms with Crippen molar-refractivity contribution in [2.24, 2.45) is 0 Å². The predicted octanol–water partition coefficient (Wildman–Crippen LogP) is -0.685. The monoisotopic (exact) mass is 178 g/mol. The molecule has 0 radical (unpaired) electrons. The van der Waals surface area contributed by atoms with Crippen molar-refractivity contribution in [3.63, 3.8) is 0 Å². The first-order valence-electron chi connectivity index (χ1n) is 3.63. The van der Waals surface area contributed by atoms with Gasteiger partial charge in [0, 0.05) is 6.20 Å². The molecule has 0 fully saturated rings. The first kappa shape index (κ1) is 7.66. The summed E-state index contributed by atoms with van der Waals surface area (Å²) in [7, 11) is 0. The Morgan fingerprint density at radius 3 is 2.85 bits per heavy atom. The molecule has 2 aromatic heterocycles. The number of H-pyrrole nitrogens is 2. The number of hydrogen-bond acceptors (Lipinski definition) is 4. The summed E-state index contributed by atoms with van der Waals surface area (Å²) in [5, 5.41) is 0.283. The highest BCUT2D eigenvalue weighted by Crippen LogP contribution is 1.97. The summed E-state index contributed by atoms with van der Waals surface area (Å²) in [6.07, 6.45) is 1.38. The molecule has 0 bridgehead atoms. The maximum atomic E-state index is 11.2. The van der Waals surface area contributed by atoms with E-state index in [1.54, 1.807) is 6.92 Å². The molecule has 0 atom stereocenters. The fraction of sp³-hybridized carbons (Fsp3) is 0.143. The number of nitrogens with one attached hydrogen (secondary N) is 2. The van der Waals surface area contributed by atoms with Gasteiger partial charge in [-0.15, -0.1) is 0 Å². The lowest BCUT2D eigenvalue weighted by Gasteiger charge is -1.94. The predicted molar refractivity (Wildman–Crippen MR) is 45.5 cm³/mol. The van der Waals surface area contributed by atoms with Crippen molar-refractivity contribution >= 4 is 11.0 Å². The van der Waals surface area contributed by atoms with Crippen molar-refractivity contribution in [1.29, 1.82) is 0 Å². The van der Waals surface area contributed by atoms with Crippen LogP contribution in [0.25, 0.3) is 11.0 Å². The fourth-order valence-electron chi connectivity index (χ4n) is 1.04. The van der Waals surface area contributed by atoms with Crippen molar-refractivity contribution < 1.29 is 0 Å². The molecule has 0 unspecified atom stereocenters. The Bertz CT molecular complexity index is 568. The molecule has 2 N–H and O–H groups in total. The van der Waals surface area contributed by atoms with Crippen LogP contribution in [-0.4, -0.2) is 19.9 Å². The Morgan fingerprint density at radius 2 is 2.08 bits per heavy atom. The second-order valence-corrected chi connectivity index (χ2v) is 2.59. The van der Waals surface area contributed by atoms with E-state index in [-0.39, 0.29) is 11.0 Å². The van der Waals surface area contributed by atoms with Crippen LogP contribution >= 0.6 is 0 Å². The van der Waals surface area contributed by atoms with E-state index >= 15 is 0 Å². The largest absolute Gasteiger partial charge is 0.327 e. The minimum absolute atomic E-state index is 0.265. The normalized spacial score (nSPS) is 10.5. The summed E-state index contributed by atoms with van der Waals surface area (Å²) in [5.41, 5.74) is -0.768. The van der Waals surface area contributed by atoms with Gasteiger partial charge in [0.25, 0.3) is 5.56 Å². The van der Waals surface area contributed by atoms with Crippen LogP contribution in [0.4, 0.5) is 0 Å². The third-order valence-electron chi connectivity index (χ3n) is 1.61. The molecule has 2 heterocycles. The van der Waals surface area contributed by atoms with Gasteiger partial charge in [-0.1, -0.05) is 0 Å². The van der Waals surface area contributed by atoms with Gasteiger partial charge in [-0.25, -0.2) is 14.8 Å². The van der Waals surface area contributed by atoms with E-state index in [2.05, 4.69) is 19.9 Å². The highest BCUT2D eigenvalue weighted by molar-refractivity contribution is 5.71. The molecule has 0 aliphatic heterocycles. The molecular formula is C7H6N4O2. The molecule has 6 nitrogen and oxygen atoms in total. The SMILES string of the molecule is Cc1ncc2c(=O)[nH]c(=O)[nH]c2n1. The number of aromatic nitrogens is 4. The van der Waals surface area contributed by atoms with Gasteiger partial charge in [0.05, 0.1) is 0 Å². The van der Waals surface area contributed by atoms with Crippen molar-refractivity contribution in [3.05, 3.63) is 32.9 Å². The topological polar surface area (TPSA) is 91.5 Å². The zero-order chi connectivity index (χ0) is 9.42. The lowest BCUT2D eigenvalue weighted by Crippen LogP contribution is -2.22. The number of aryl methyl sites for hydroxylation is 1. The van der Waals surface area contributed by atoms with E-state index in [4.69, 9.17) is 0 Å². The molecule has 0 amide bonds. The van der Waals surface area contributed by atoms with E-state index in [0.717, 1.165) is 0 Å². The minimum Gasteiger partial charge on any atom is -0.291 e. The van der Waals surface area contributed by atoms with E-state index in [0.29, 0.717) is 5.82 Å². The molecule has 0 saturated carbocycles. The maximum absolute atomic E-state index is 11.2. The Kier molecular flexibility index (Phi) is 1.48. The summed E-state index contributed by atoms with van der Waals surface area (Å²) in [5.74, 6) is 0.508. The van der Waals surface area contributed by atoms with Crippen LogP contribution in [0.3, 0.4) is 0 Å². The number of rotatable bonds is 0. The van der Waals surface area contributed by atoms with Crippen molar-refractivity contribution in [3.8, 4) is 0 Å². The van der Waals surface area contributed by atoms with Gasteiger partial charge in [-0.2, -0.15) is 0 Å². The summed E-state index contributed by atoms with van der Waals surface area (Å²) >= 11 is 0. The molecule has 13 heavy (non-hydrogen) atoms. The lowest BCUT2D eigenvalue weighted by atomic mass is 10.4. The second kappa shape index (κ2) is 2.51. The van der Waals surface area contributed by atoms with Crippen molar-refractivity contribution in [1.82, 2.24) is 19.9 Å². The second-order valence-electron chi connectivity index (χ2n) is 2.59. The van der Waals surface area contributed by atoms with Gasteiger partial charge in [0.2, 0.25) is 0 Å². The smallest absolute Gasteiger partial charge is 0.291 e. The van der Waals surface area contributed by atoms with Gasteiger partial charge in [-0.3, -0.25) is 14.8 Å². The van der Waals surface area contributed by atoms with Crippen LogP contribution in [0.5, 0.6) is 0 Å². The quantitative estimate of drug-likeness (QED) is 0.558. The van der Waals surface area contributed by atoms with Gasteiger partial charge >= 0.3 is 5.69 Å². The van der Waals surface area contributed by atoms with Crippen LogP contribution in [0.2, 0.25) is 0 Å². The zero-order valence-corrected chi connectivity index (χ0v) is 6.79. The van der Waals surface area contributed by atoms with Gasteiger partial charge in [0.15, 0.2) is 5.65 Å². The molecular weight excluding hydrogens is 172 g/mol. The number of fused-ring (bicyclic) bond motifs is 1. The van der Waals surface area contributed by atoms with E-state index in [9.17, 15) is 9.59 Å². The van der Waals surface area contributed by atoms with Crippen LogP contribution in [-0.2, 0) is 0 Å². The van der Waals surface area contributed by atoms with Crippen molar-refractivity contribution in [2.45, 2.75) is 6.92 Å². The molecule has 66 valence electrons. The van der Waals surface area contributed by atoms with Crippen molar-refractivity contribution in [2.75, 3.05) is 0 Å².